The molecule has 3 rings (SSSR count). The molecule has 1 fully saturated rings. The van der Waals surface area contributed by atoms with Crippen LogP contribution in [0.3, 0.4) is 0 Å². The Bertz CT molecular complexity index is 861. The first kappa shape index (κ1) is 23.5. The lowest BCUT2D eigenvalue weighted by molar-refractivity contribution is -0.121. The summed E-state index contributed by atoms with van der Waals surface area (Å²) in [6.45, 7) is 5.31. The van der Waals surface area contributed by atoms with Crippen LogP contribution in [0.15, 0.2) is 42.5 Å². The maximum Gasteiger partial charge on any atom is 0.221 e. The Morgan fingerprint density at radius 2 is 1.94 bits per heavy atom. The van der Waals surface area contributed by atoms with Gasteiger partial charge >= 0.3 is 0 Å². The maximum absolute atomic E-state index is 15.3. The van der Waals surface area contributed by atoms with Crippen molar-refractivity contribution < 1.29 is 13.9 Å². The average Bonchev–Trinajstić information content (AvgIpc) is 3.58. The van der Waals surface area contributed by atoms with E-state index in [1.165, 1.54) is 12.8 Å². The van der Waals surface area contributed by atoms with E-state index in [2.05, 4.69) is 16.0 Å². The van der Waals surface area contributed by atoms with Crippen LogP contribution in [0.2, 0.25) is 5.02 Å². The maximum atomic E-state index is 15.3. The zero-order chi connectivity index (χ0) is 22.2. The highest BCUT2D eigenvalue weighted by Crippen LogP contribution is 2.36. The first-order valence-corrected chi connectivity index (χ1v) is 11.3. The van der Waals surface area contributed by atoms with Gasteiger partial charge in [-0.15, -0.1) is 0 Å². The second kappa shape index (κ2) is 11.5. The van der Waals surface area contributed by atoms with E-state index in [0.29, 0.717) is 36.7 Å². The molecule has 0 saturated heterocycles. The highest BCUT2D eigenvalue weighted by atomic mass is 35.5. The number of hydrogen-bond donors (Lipinski definition) is 3. The van der Waals surface area contributed by atoms with E-state index < -0.39 is 5.82 Å². The van der Waals surface area contributed by atoms with E-state index in [1.54, 1.807) is 24.3 Å². The van der Waals surface area contributed by atoms with Crippen molar-refractivity contribution in [1.82, 2.24) is 16.0 Å². The number of para-hydroxylation sites is 1. The number of rotatable bonds is 12. The Hall–Kier alpha value is -2.15. The van der Waals surface area contributed by atoms with Crippen molar-refractivity contribution in [2.45, 2.75) is 57.7 Å². The van der Waals surface area contributed by atoms with Crippen molar-refractivity contribution in [2.24, 2.45) is 0 Å². The summed E-state index contributed by atoms with van der Waals surface area (Å²) in [4.78, 5) is 12.2. The van der Waals surface area contributed by atoms with Crippen molar-refractivity contribution in [1.29, 1.82) is 0 Å². The molecule has 1 aliphatic rings. The summed E-state index contributed by atoms with van der Waals surface area (Å²) in [5.74, 6) is 0.0254. The monoisotopic (exact) mass is 447 g/mol. The first-order chi connectivity index (χ1) is 15.0. The van der Waals surface area contributed by atoms with Crippen LogP contribution < -0.4 is 20.7 Å². The third kappa shape index (κ3) is 7.20. The minimum Gasteiger partial charge on any atom is -0.453 e. The normalized spacial score (nSPS) is 15.4. The quantitative estimate of drug-likeness (QED) is 0.402. The average molecular weight is 448 g/mol. The second-order valence-corrected chi connectivity index (χ2v) is 8.41. The van der Waals surface area contributed by atoms with Gasteiger partial charge in [0.1, 0.15) is 5.75 Å². The van der Waals surface area contributed by atoms with Gasteiger partial charge in [0.05, 0.1) is 5.02 Å². The van der Waals surface area contributed by atoms with Crippen LogP contribution in [0.25, 0.3) is 0 Å². The fourth-order valence-electron chi connectivity index (χ4n) is 3.46. The Kier molecular flexibility index (Phi) is 8.69. The molecule has 0 radical (unpaired) electrons. The van der Waals surface area contributed by atoms with Gasteiger partial charge in [-0.3, -0.25) is 4.79 Å². The van der Waals surface area contributed by atoms with Crippen LogP contribution in [0.1, 0.15) is 51.1 Å². The topological polar surface area (TPSA) is 62.4 Å². The number of nitrogens with one attached hydrogen (secondary N) is 3. The number of halogens is 2. The SMILES string of the molecule is CC[C@@H](N[C@@H](C)CC(=O)NCCNC1CC1)c1ccc(Cl)c(Oc2ccccc2)c1F. The number of amides is 1. The van der Waals surface area contributed by atoms with Gasteiger partial charge in [-0.2, -0.15) is 0 Å². The molecular weight excluding hydrogens is 417 g/mol. The summed E-state index contributed by atoms with van der Waals surface area (Å²) in [7, 11) is 0. The Balaban J connectivity index is 1.58. The van der Waals surface area contributed by atoms with E-state index in [-0.39, 0.29) is 28.8 Å². The predicted octanol–water partition coefficient (Wildman–Crippen LogP) is 4.96. The Labute approximate surface area is 188 Å². The molecule has 168 valence electrons. The summed E-state index contributed by atoms with van der Waals surface area (Å²) in [6, 6.07) is 12.6. The van der Waals surface area contributed by atoms with Gasteiger partial charge in [-0.05, 0) is 44.4 Å². The summed E-state index contributed by atoms with van der Waals surface area (Å²) in [5.41, 5.74) is 0.471. The lowest BCUT2D eigenvalue weighted by Crippen LogP contribution is -2.38. The fourth-order valence-corrected chi connectivity index (χ4v) is 3.65. The van der Waals surface area contributed by atoms with E-state index >= 15 is 4.39 Å². The van der Waals surface area contributed by atoms with Crippen LogP contribution >= 0.6 is 11.6 Å². The molecule has 0 heterocycles. The van der Waals surface area contributed by atoms with E-state index in [1.807, 2.05) is 32.0 Å². The van der Waals surface area contributed by atoms with Crippen molar-refractivity contribution in [2.75, 3.05) is 13.1 Å². The summed E-state index contributed by atoms with van der Waals surface area (Å²) in [5, 5.41) is 9.88. The van der Waals surface area contributed by atoms with Gasteiger partial charge in [0.15, 0.2) is 11.6 Å². The number of carbonyl (C=O) groups excluding carboxylic acids is 1. The van der Waals surface area contributed by atoms with Crippen LogP contribution in [0.4, 0.5) is 4.39 Å². The van der Waals surface area contributed by atoms with Gasteiger partial charge in [0.2, 0.25) is 5.91 Å². The highest BCUT2D eigenvalue weighted by Gasteiger charge is 2.23. The highest BCUT2D eigenvalue weighted by molar-refractivity contribution is 6.32. The molecule has 5 nitrogen and oxygen atoms in total. The predicted molar refractivity (Wildman–Crippen MR) is 122 cm³/mol. The summed E-state index contributed by atoms with van der Waals surface area (Å²) in [6.07, 6.45) is 3.43. The molecule has 0 spiro atoms. The largest absolute Gasteiger partial charge is 0.453 e. The molecule has 7 heteroatoms. The van der Waals surface area contributed by atoms with Crippen LogP contribution in [-0.4, -0.2) is 31.1 Å². The van der Waals surface area contributed by atoms with E-state index in [0.717, 1.165) is 6.54 Å². The lowest BCUT2D eigenvalue weighted by atomic mass is 10.0. The molecule has 0 aromatic heterocycles. The van der Waals surface area contributed by atoms with Gasteiger partial charge in [-0.25, -0.2) is 4.39 Å². The molecule has 1 amide bonds. The van der Waals surface area contributed by atoms with Crippen LogP contribution in [0, 0.1) is 5.82 Å². The molecule has 31 heavy (non-hydrogen) atoms. The van der Waals surface area contributed by atoms with Gasteiger partial charge < -0.3 is 20.7 Å². The smallest absolute Gasteiger partial charge is 0.221 e. The number of carbonyl (C=O) groups is 1. The third-order valence-corrected chi connectivity index (χ3v) is 5.56. The second-order valence-electron chi connectivity index (χ2n) is 8.01. The van der Waals surface area contributed by atoms with Crippen LogP contribution in [0.5, 0.6) is 11.5 Å². The molecule has 3 N–H and O–H groups in total. The standard InChI is InChI=1S/C24H31ClFN3O2/c1-3-21(29-16(2)15-22(30)28-14-13-27-17-9-10-17)19-11-12-20(25)24(23(19)26)31-18-7-5-4-6-8-18/h4-8,11-12,16-17,21,27,29H,3,9-10,13-15H2,1-2H3,(H,28,30)/t16-,21+/m0/s1. The van der Waals surface area contributed by atoms with Crippen molar-refractivity contribution in [3.63, 3.8) is 0 Å². The van der Waals surface area contributed by atoms with E-state index in [4.69, 9.17) is 16.3 Å². The minimum absolute atomic E-state index is 0.0131. The zero-order valence-electron chi connectivity index (χ0n) is 18.1. The van der Waals surface area contributed by atoms with E-state index in [9.17, 15) is 4.79 Å². The molecule has 2 aromatic carbocycles. The first-order valence-electron chi connectivity index (χ1n) is 10.9. The molecular formula is C24H31ClFN3O2. The molecule has 0 aliphatic heterocycles. The Morgan fingerprint density at radius 3 is 2.61 bits per heavy atom. The Morgan fingerprint density at radius 1 is 1.19 bits per heavy atom. The number of hydrogen-bond acceptors (Lipinski definition) is 4. The third-order valence-electron chi connectivity index (χ3n) is 5.26. The fraction of sp³-hybridized carbons (Fsp3) is 0.458. The number of benzene rings is 2. The molecule has 1 saturated carbocycles. The summed E-state index contributed by atoms with van der Waals surface area (Å²) < 4.78 is 21.0. The van der Waals surface area contributed by atoms with Crippen molar-refractivity contribution >= 4 is 17.5 Å². The zero-order valence-corrected chi connectivity index (χ0v) is 18.8. The molecule has 2 atom stereocenters. The molecule has 1 aliphatic carbocycles. The molecule has 0 bridgehead atoms. The van der Waals surface area contributed by atoms with Crippen molar-refractivity contribution in [3.05, 3.63) is 58.9 Å². The number of ether oxygens (including phenoxy) is 1. The van der Waals surface area contributed by atoms with Gasteiger partial charge in [0.25, 0.3) is 0 Å². The molecule has 0 unspecified atom stereocenters. The minimum atomic E-state index is -0.487. The van der Waals surface area contributed by atoms with Crippen molar-refractivity contribution in [3.8, 4) is 11.5 Å². The van der Waals surface area contributed by atoms with Gasteiger partial charge in [0, 0.05) is 43.2 Å². The lowest BCUT2D eigenvalue weighted by Gasteiger charge is -2.24. The van der Waals surface area contributed by atoms with Gasteiger partial charge in [-0.1, -0.05) is 42.8 Å². The summed E-state index contributed by atoms with van der Waals surface area (Å²) >= 11 is 6.21. The van der Waals surface area contributed by atoms with Crippen LogP contribution in [-0.2, 0) is 4.79 Å². The molecule has 2 aromatic rings.